The first-order valence-electron chi connectivity index (χ1n) is 7.08. The van der Waals surface area contributed by atoms with Gasteiger partial charge in [0.05, 0.1) is 16.9 Å². The van der Waals surface area contributed by atoms with Crippen LogP contribution in [-0.4, -0.2) is 18.0 Å². The summed E-state index contributed by atoms with van der Waals surface area (Å²) in [6.45, 7) is -0.0219. The average molecular weight is 489 g/mol. The van der Waals surface area contributed by atoms with Gasteiger partial charge in [0.25, 0.3) is 0 Å². The molecule has 0 atom stereocenters. The van der Waals surface area contributed by atoms with Gasteiger partial charge in [0.1, 0.15) is 5.82 Å². The zero-order valence-electron chi connectivity index (χ0n) is 12.7. The number of nitrogens with one attached hydrogen (secondary N) is 1. The Hall–Kier alpha value is -1.55. The molecular weight excluding hydrogens is 477 g/mol. The first-order valence-corrected chi connectivity index (χ1v) is 10.2. The molecule has 9 heteroatoms. The lowest BCUT2D eigenvalue weighted by atomic mass is 10.2. The Labute approximate surface area is 161 Å². The second-order valence-electron chi connectivity index (χ2n) is 5.16. The molecule has 1 aromatic heterocycles. The van der Waals surface area contributed by atoms with Gasteiger partial charge in [-0.15, -0.1) is 0 Å². The summed E-state index contributed by atoms with van der Waals surface area (Å²) >= 11 is 6.51. The highest BCUT2D eigenvalue weighted by Gasteiger charge is 2.17. The number of aromatic nitrogens is 2. The Morgan fingerprint density at radius 3 is 2.60 bits per heavy atom. The summed E-state index contributed by atoms with van der Waals surface area (Å²) in [6, 6.07) is 9.31. The van der Waals surface area contributed by atoms with Gasteiger partial charge in [-0.2, -0.15) is 0 Å². The van der Waals surface area contributed by atoms with Crippen LogP contribution in [0.1, 0.15) is 5.56 Å². The number of benzene rings is 2. The van der Waals surface area contributed by atoms with Crippen molar-refractivity contribution < 1.29 is 12.8 Å². The number of hydrogen-bond acceptors (Lipinski definition) is 3. The summed E-state index contributed by atoms with van der Waals surface area (Å²) in [5.41, 5.74) is 0.859. The van der Waals surface area contributed by atoms with Crippen LogP contribution in [0.2, 0.25) is 0 Å². The number of sulfonamides is 1. The molecule has 0 aliphatic heterocycles. The Balaban J connectivity index is 1.78. The smallest absolute Gasteiger partial charge is 0.241 e. The number of halogens is 3. The second-order valence-corrected chi connectivity index (χ2v) is 8.66. The van der Waals surface area contributed by atoms with E-state index in [1.54, 1.807) is 41.2 Å². The van der Waals surface area contributed by atoms with Gasteiger partial charge in [-0.25, -0.2) is 22.5 Å². The third-order valence-electron chi connectivity index (χ3n) is 3.44. The van der Waals surface area contributed by atoms with Gasteiger partial charge in [-0.3, -0.25) is 0 Å². The van der Waals surface area contributed by atoms with Gasteiger partial charge in [-0.1, -0.05) is 22.0 Å². The quantitative estimate of drug-likeness (QED) is 0.590. The van der Waals surface area contributed by atoms with Crippen molar-refractivity contribution in [1.82, 2.24) is 14.3 Å². The van der Waals surface area contributed by atoms with Crippen molar-refractivity contribution in [2.24, 2.45) is 0 Å². The lowest BCUT2D eigenvalue weighted by molar-refractivity contribution is 0.579. The van der Waals surface area contributed by atoms with E-state index in [4.69, 9.17) is 0 Å². The maximum absolute atomic E-state index is 14.2. The zero-order valence-corrected chi connectivity index (χ0v) is 16.6. The normalized spacial score (nSPS) is 11.6. The second kappa shape index (κ2) is 7.36. The average Bonchev–Trinajstić information content (AvgIpc) is 3.07. The summed E-state index contributed by atoms with van der Waals surface area (Å²) in [4.78, 5) is 3.99. The van der Waals surface area contributed by atoms with E-state index in [9.17, 15) is 12.8 Å². The summed E-state index contributed by atoms with van der Waals surface area (Å²) in [6.07, 6.45) is 4.68. The molecule has 3 rings (SSSR count). The third-order valence-corrected chi connectivity index (χ3v) is 6.32. The molecule has 0 aliphatic rings. The number of rotatable bonds is 5. The molecule has 0 bridgehead atoms. The molecule has 1 heterocycles. The van der Waals surface area contributed by atoms with Crippen molar-refractivity contribution in [3.05, 3.63) is 75.4 Å². The topological polar surface area (TPSA) is 64.0 Å². The van der Waals surface area contributed by atoms with Crippen LogP contribution in [0.5, 0.6) is 0 Å². The van der Waals surface area contributed by atoms with Gasteiger partial charge in [0.15, 0.2) is 0 Å². The van der Waals surface area contributed by atoms with E-state index >= 15 is 0 Å². The standard InChI is InChI=1S/C16H12Br2FN3O2S/c17-12-2-4-16(13(18)8-12)25(23,24)21-9-11-1-3-15(14(19)7-11)22-6-5-20-10-22/h1-8,10,21H,9H2. The highest BCUT2D eigenvalue weighted by atomic mass is 79.9. The van der Waals surface area contributed by atoms with E-state index in [-0.39, 0.29) is 11.4 Å². The van der Waals surface area contributed by atoms with Crippen molar-refractivity contribution in [3.8, 4) is 5.69 Å². The molecule has 0 spiro atoms. The van der Waals surface area contributed by atoms with Crippen molar-refractivity contribution in [3.63, 3.8) is 0 Å². The maximum atomic E-state index is 14.2. The monoisotopic (exact) mass is 487 g/mol. The SMILES string of the molecule is O=S(=O)(NCc1ccc(-n2ccnc2)c(F)c1)c1ccc(Br)cc1Br. The van der Waals surface area contributed by atoms with Crippen LogP contribution in [0.15, 0.2) is 69.0 Å². The van der Waals surface area contributed by atoms with Crippen LogP contribution in [0.4, 0.5) is 4.39 Å². The summed E-state index contributed by atoms with van der Waals surface area (Å²) < 4.78 is 44.3. The van der Waals surface area contributed by atoms with E-state index in [0.29, 0.717) is 15.7 Å². The molecule has 5 nitrogen and oxygen atoms in total. The molecule has 0 unspecified atom stereocenters. The van der Waals surface area contributed by atoms with Crippen molar-refractivity contribution in [2.45, 2.75) is 11.4 Å². The van der Waals surface area contributed by atoms with E-state index in [1.165, 1.54) is 18.5 Å². The lowest BCUT2D eigenvalue weighted by Gasteiger charge is -2.10. The minimum Gasteiger partial charge on any atom is -0.303 e. The van der Waals surface area contributed by atoms with Gasteiger partial charge in [0.2, 0.25) is 10.0 Å². The van der Waals surface area contributed by atoms with Gasteiger partial charge >= 0.3 is 0 Å². The molecule has 2 aromatic carbocycles. The third kappa shape index (κ3) is 4.17. The van der Waals surface area contributed by atoms with E-state index < -0.39 is 15.8 Å². The highest BCUT2D eigenvalue weighted by Crippen LogP contribution is 2.25. The van der Waals surface area contributed by atoms with Crippen LogP contribution in [0.3, 0.4) is 0 Å². The van der Waals surface area contributed by atoms with Crippen LogP contribution < -0.4 is 4.72 Å². The van der Waals surface area contributed by atoms with Crippen molar-refractivity contribution in [1.29, 1.82) is 0 Å². The van der Waals surface area contributed by atoms with E-state index in [2.05, 4.69) is 41.6 Å². The Morgan fingerprint density at radius 1 is 1.16 bits per heavy atom. The molecule has 0 saturated carbocycles. The molecule has 0 aliphatic carbocycles. The zero-order chi connectivity index (χ0) is 18.0. The lowest BCUT2D eigenvalue weighted by Crippen LogP contribution is -2.23. The molecule has 25 heavy (non-hydrogen) atoms. The minimum absolute atomic E-state index is 0.0219. The number of imidazole rings is 1. The Kier molecular flexibility index (Phi) is 5.38. The fraction of sp³-hybridized carbons (Fsp3) is 0.0625. The van der Waals surface area contributed by atoms with Crippen LogP contribution in [0, 0.1) is 5.82 Å². The van der Waals surface area contributed by atoms with Crippen molar-refractivity contribution >= 4 is 41.9 Å². The van der Waals surface area contributed by atoms with Gasteiger partial charge in [0, 0.05) is 27.9 Å². The molecule has 0 amide bonds. The molecule has 130 valence electrons. The molecule has 0 fully saturated rings. The fourth-order valence-corrected chi connectivity index (χ4v) is 4.98. The van der Waals surface area contributed by atoms with E-state index in [1.807, 2.05) is 0 Å². The molecule has 0 saturated heterocycles. The first-order chi connectivity index (χ1) is 11.9. The fourth-order valence-electron chi connectivity index (χ4n) is 2.22. The summed E-state index contributed by atoms with van der Waals surface area (Å²) in [7, 11) is -3.73. The van der Waals surface area contributed by atoms with E-state index in [0.717, 1.165) is 4.47 Å². The first kappa shape index (κ1) is 18.2. The Morgan fingerprint density at radius 2 is 1.96 bits per heavy atom. The number of nitrogens with zero attached hydrogens (tertiary/aromatic N) is 2. The largest absolute Gasteiger partial charge is 0.303 e. The number of hydrogen-bond donors (Lipinski definition) is 1. The van der Waals surface area contributed by atoms with Crippen molar-refractivity contribution in [2.75, 3.05) is 0 Å². The van der Waals surface area contributed by atoms with Crippen LogP contribution in [0.25, 0.3) is 5.69 Å². The van der Waals surface area contributed by atoms with Gasteiger partial charge in [-0.05, 0) is 51.8 Å². The summed E-state index contributed by atoms with van der Waals surface area (Å²) in [5, 5.41) is 0. The molecule has 0 radical (unpaired) electrons. The molecule has 3 aromatic rings. The predicted molar refractivity (Wildman–Crippen MR) is 99.4 cm³/mol. The van der Waals surface area contributed by atoms with Crippen LogP contribution in [-0.2, 0) is 16.6 Å². The predicted octanol–water partition coefficient (Wildman–Crippen LogP) is 4.01. The highest BCUT2D eigenvalue weighted by molar-refractivity contribution is 9.11. The summed E-state index contributed by atoms with van der Waals surface area (Å²) in [5.74, 6) is -0.459. The minimum atomic E-state index is -3.73. The van der Waals surface area contributed by atoms with Gasteiger partial charge < -0.3 is 4.57 Å². The molecule has 1 N–H and O–H groups in total. The molecular formula is C16H12Br2FN3O2S. The Bertz CT molecular complexity index is 1010. The van der Waals surface area contributed by atoms with Crippen LogP contribution >= 0.6 is 31.9 Å². The maximum Gasteiger partial charge on any atom is 0.241 e.